The average Bonchev–Trinajstić information content (AvgIpc) is 3.34. The van der Waals surface area contributed by atoms with Gasteiger partial charge in [0.15, 0.2) is 0 Å². The predicted molar refractivity (Wildman–Crippen MR) is 113 cm³/mol. The minimum atomic E-state index is -0.513. The Bertz CT molecular complexity index is 1240. The van der Waals surface area contributed by atoms with Crippen molar-refractivity contribution >= 4 is 17.5 Å². The van der Waals surface area contributed by atoms with Gasteiger partial charge in [-0.2, -0.15) is 9.90 Å². The molecule has 2 aromatic carbocycles. The summed E-state index contributed by atoms with van der Waals surface area (Å²) in [5, 5.41) is 19.5. The number of carbonyl (C=O) groups is 2. The zero-order valence-corrected chi connectivity index (χ0v) is 17.0. The van der Waals surface area contributed by atoms with E-state index in [9.17, 15) is 9.59 Å². The second-order valence-electron chi connectivity index (χ2n) is 6.93. The molecule has 0 fully saturated rings. The van der Waals surface area contributed by atoms with Gasteiger partial charge >= 0.3 is 0 Å². The molecule has 0 spiro atoms. The number of benzene rings is 2. The van der Waals surface area contributed by atoms with Gasteiger partial charge in [0.25, 0.3) is 0 Å². The zero-order chi connectivity index (χ0) is 22.0. The standard InChI is InChI=1S/C21H20N8O2/c1-13-19(14(2)29(25-13)17-6-4-3-5-7-17)23-18(30)12-28-26-21(24-27-28)16-10-8-15(9-11-16)20(22)31/h3-11H,12H2,1-2H3,(H2,22,31)(H,23,30). The molecule has 10 heteroatoms. The summed E-state index contributed by atoms with van der Waals surface area (Å²) in [6.45, 7) is 3.62. The lowest BCUT2D eigenvalue weighted by atomic mass is 10.1. The topological polar surface area (TPSA) is 134 Å². The lowest BCUT2D eigenvalue weighted by Crippen LogP contribution is -2.21. The Morgan fingerprint density at radius 2 is 1.71 bits per heavy atom. The molecule has 4 aromatic rings. The van der Waals surface area contributed by atoms with Crippen molar-refractivity contribution in [3.05, 3.63) is 71.5 Å². The fraction of sp³-hybridized carbons (Fsp3) is 0.143. The number of aryl methyl sites for hydroxylation is 1. The highest BCUT2D eigenvalue weighted by molar-refractivity contribution is 5.93. The maximum absolute atomic E-state index is 12.6. The first-order valence-electron chi connectivity index (χ1n) is 9.52. The molecule has 2 heterocycles. The number of amides is 2. The maximum atomic E-state index is 12.6. The number of aromatic nitrogens is 6. The molecule has 0 saturated carbocycles. The van der Waals surface area contributed by atoms with Crippen molar-refractivity contribution < 1.29 is 9.59 Å². The van der Waals surface area contributed by atoms with Crippen molar-refractivity contribution in [3.63, 3.8) is 0 Å². The first-order valence-corrected chi connectivity index (χ1v) is 9.52. The summed E-state index contributed by atoms with van der Waals surface area (Å²) < 4.78 is 1.78. The predicted octanol–water partition coefficient (Wildman–Crippen LogP) is 1.88. The smallest absolute Gasteiger partial charge is 0.248 e. The first-order chi connectivity index (χ1) is 14.9. The fourth-order valence-electron chi connectivity index (χ4n) is 3.16. The van der Waals surface area contributed by atoms with Gasteiger partial charge in [0.1, 0.15) is 6.54 Å². The van der Waals surface area contributed by atoms with Crippen molar-refractivity contribution in [3.8, 4) is 17.1 Å². The summed E-state index contributed by atoms with van der Waals surface area (Å²) in [5.74, 6) is -0.471. The lowest BCUT2D eigenvalue weighted by molar-refractivity contribution is -0.117. The van der Waals surface area contributed by atoms with E-state index in [1.165, 1.54) is 4.80 Å². The molecule has 0 aliphatic carbocycles. The number of hydrogen-bond donors (Lipinski definition) is 2. The van der Waals surface area contributed by atoms with Gasteiger partial charge < -0.3 is 11.1 Å². The van der Waals surface area contributed by atoms with Crippen LogP contribution in [0.1, 0.15) is 21.7 Å². The Morgan fingerprint density at radius 3 is 2.39 bits per heavy atom. The number of carbonyl (C=O) groups excluding carboxylic acids is 2. The van der Waals surface area contributed by atoms with E-state index in [-0.39, 0.29) is 12.5 Å². The van der Waals surface area contributed by atoms with E-state index in [1.54, 1.807) is 28.9 Å². The van der Waals surface area contributed by atoms with E-state index in [4.69, 9.17) is 5.73 Å². The molecule has 0 radical (unpaired) electrons. The third-order valence-corrected chi connectivity index (χ3v) is 4.72. The number of rotatable bonds is 6. The van der Waals surface area contributed by atoms with Crippen LogP contribution in [0.3, 0.4) is 0 Å². The second kappa shape index (κ2) is 8.19. The molecule has 0 bridgehead atoms. The fourth-order valence-corrected chi connectivity index (χ4v) is 3.16. The molecule has 10 nitrogen and oxygen atoms in total. The quantitative estimate of drug-likeness (QED) is 0.493. The number of nitrogens with two attached hydrogens (primary N) is 1. The van der Waals surface area contributed by atoms with Gasteiger partial charge in [0.2, 0.25) is 17.6 Å². The molecule has 0 aliphatic heterocycles. The molecule has 0 atom stereocenters. The van der Waals surface area contributed by atoms with Crippen LogP contribution in [0.25, 0.3) is 17.1 Å². The van der Waals surface area contributed by atoms with Gasteiger partial charge in [0.05, 0.1) is 22.8 Å². The number of para-hydroxylation sites is 1. The molecule has 2 amide bonds. The van der Waals surface area contributed by atoms with Crippen LogP contribution in [0, 0.1) is 13.8 Å². The summed E-state index contributed by atoms with van der Waals surface area (Å²) in [6, 6.07) is 16.2. The third-order valence-electron chi connectivity index (χ3n) is 4.72. The van der Waals surface area contributed by atoms with Crippen LogP contribution in [0.4, 0.5) is 5.69 Å². The van der Waals surface area contributed by atoms with E-state index < -0.39 is 5.91 Å². The van der Waals surface area contributed by atoms with Gasteiger partial charge in [-0.25, -0.2) is 4.68 Å². The summed E-state index contributed by atoms with van der Waals surface area (Å²) in [6.07, 6.45) is 0. The molecule has 2 aromatic heterocycles. The lowest BCUT2D eigenvalue weighted by Gasteiger charge is -2.06. The van der Waals surface area contributed by atoms with Crippen LogP contribution in [0.2, 0.25) is 0 Å². The second-order valence-corrected chi connectivity index (χ2v) is 6.93. The van der Waals surface area contributed by atoms with Gasteiger partial charge in [0, 0.05) is 11.1 Å². The summed E-state index contributed by atoms with van der Waals surface area (Å²) >= 11 is 0. The van der Waals surface area contributed by atoms with E-state index >= 15 is 0 Å². The summed E-state index contributed by atoms with van der Waals surface area (Å²) in [4.78, 5) is 25.0. The molecule has 0 aliphatic rings. The van der Waals surface area contributed by atoms with E-state index in [0.717, 1.165) is 11.4 Å². The Labute approximate surface area is 177 Å². The number of anilines is 1. The molecule has 0 saturated heterocycles. The zero-order valence-electron chi connectivity index (χ0n) is 17.0. The molecular formula is C21H20N8O2. The minimum Gasteiger partial charge on any atom is -0.366 e. The van der Waals surface area contributed by atoms with Crippen molar-refractivity contribution in [2.45, 2.75) is 20.4 Å². The normalized spacial score (nSPS) is 10.8. The molecule has 31 heavy (non-hydrogen) atoms. The van der Waals surface area contributed by atoms with Gasteiger partial charge in [-0.1, -0.05) is 30.3 Å². The van der Waals surface area contributed by atoms with Crippen LogP contribution >= 0.6 is 0 Å². The van der Waals surface area contributed by atoms with Crippen LogP contribution in [0.15, 0.2) is 54.6 Å². The molecule has 156 valence electrons. The molecule has 4 rings (SSSR count). The number of nitrogens with one attached hydrogen (secondary N) is 1. The molecule has 0 unspecified atom stereocenters. The monoisotopic (exact) mass is 416 g/mol. The van der Waals surface area contributed by atoms with E-state index in [1.807, 2.05) is 44.2 Å². The van der Waals surface area contributed by atoms with Gasteiger partial charge in [-0.15, -0.1) is 10.2 Å². The van der Waals surface area contributed by atoms with Crippen LogP contribution in [0.5, 0.6) is 0 Å². The van der Waals surface area contributed by atoms with Crippen LogP contribution in [-0.2, 0) is 11.3 Å². The van der Waals surface area contributed by atoms with Gasteiger partial charge in [-0.05, 0) is 43.3 Å². The minimum absolute atomic E-state index is 0.109. The SMILES string of the molecule is Cc1nn(-c2ccccc2)c(C)c1NC(=O)Cn1nnc(-c2ccc(C(N)=O)cc2)n1. The third kappa shape index (κ3) is 4.17. The van der Waals surface area contributed by atoms with E-state index in [2.05, 4.69) is 25.8 Å². The Kier molecular flexibility index (Phi) is 5.27. The number of hydrogen-bond acceptors (Lipinski definition) is 6. The van der Waals surface area contributed by atoms with Crippen molar-refractivity contribution in [2.24, 2.45) is 5.73 Å². The Hall–Kier alpha value is -4.34. The largest absolute Gasteiger partial charge is 0.366 e. The molecule has 3 N–H and O–H groups in total. The number of primary amides is 1. The Balaban J connectivity index is 1.46. The highest BCUT2D eigenvalue weighted by Crippen LogP contribution is 2.22. The van der Waals surface area contributed by atoms with Crippen molar-refractivity contribution in [2.75, 3.05) is 5.32 Å². The maximum Gasteiger partial charge on any atom is 0.248 e. The van der Waals surface area contributed by atoms with E-state index in [0.29, 0.717) is 28.3 Å². The number of nitrogens with zero attached hydrogens (tertiary/aromatic N) is 6. The van der Waals surface area contributed by atoms with Crippen molar-refractivity contribution in [1.82, 2.24) is 30.0 Å². The first kappa shape index (κ1) is 20.0. The average molecular weight is 416 g/mol. The summed E-state index contributed by atoms with van der Waals surface area (Å²) in [5.41, 5.74) is 9.37. The molecular weight excluding hydrogens is 396 g/mol. The van der Waals surface area contributed by atoms with Crippen LogP contribution < -0.4 is 11.1 Å². The number of tetrazole rings is 1. The highest BCUT2D eigenvalue weighted by atomic mass is 16.2. The van der Waals surface area contributed by atoms with Crippen LogP contribution in [-0.4, -0.2) is 41.8 Å². The highest BCUT2D eigenvalue weighted by Gasteiger charge is 2.16. The van der Waals surface area contributed by atoms with Crippen molar-refractivity contribution in [1.29, 1.82) is 0 Å². The summed E-state index contributed by atoms with van der Waals surface area (Å²) in [7, 11) is 0. The Morgan fingerprint density at radius 1 is 1.00 bits per heavy atom. The van der Waals surface area contributed by atoms with Gasteiger partial charge in [-0.3, -0.25) is 9.59 Å².